The smallest absolute Gasteiger partial charge is 0.185 e. The maximum absolute atomic E-state index is 9.95. The molecule has 4 atom stereocenters. The Kier molecular flexibility index (Phi) is 9.28. The van der Waals surface area contributed by atoms with Crippen LogP contribution in [0.5, 0.6) is 5.75 Å². The third-order valence-corrected chi connectivity index (χ3v) is 9.99. The number of ether oxygens (including phenoxy) is 3. The number of aryl methyl sites for hydroxylation is 1. The number of morpholine rings is 1. The fourth-order valence-corrected chi connectivity index (χ4v) is 7.83. The molecule has 9 nitrogen and oxygen atoms in total. The number of rotatable bonds is 10. The normalized spacial score (nSPS) is 24.0. The first kappa shape index (κ1) is 30.0. The quantitative estimate of drug-likeness (QED) is 0.329. The maximum atomic E-state index is 9.95. The second kappa shape index (κ2) is 13.3. The van der Waals surface area contributed by atoms with E-state index in [1.165, 1.54) is 0 Å². The molecule has 3 fully saturated rings. The highest BCUT2D eigenvalue weighted by Crippen LogP contribution is 2.45. The van der Waals surface area contributed by atoms with Gasteiger partial charge in [-0.15, -0.1) is 11.3 Å². The Morgan fingerprint density at radius 3 is 2.70 bits per heavy atom. The lowest BCUT2D eigenvalue weighted by atomic mass is 9.85. The van der Waals surface area contributed by atoms with E-state index in [1.54, 1.807) is 18.4 Å². The molecule has 2 saturated heterocycles. The van der Waals surface area contributed by atoms with Crippen molar-refractivity contribution >= 4 is 16.5 Å². The van der Waals surface area contributed by atoms with Crippen molar-refractivity contribution in [3.05, 3.63) is 64.0 Å². The second-order valence-electron chi connectivity index (χ2n) is 12.1. The van der Waals surface area contributed by atoms with E-state index in [1.807, 2.05) is 24.3 Å². The number of nitrogens with zero attached hydrogens (tertiary/aromatic N) is 4. The fourth-order valence-electron chi connectivity index (χ4n) is 6.99. The van der Waals surface area contributed by atoms with Gasteiger partial charge in [-0.3, -0.25) is 4.90 Å². The molecular formula is C33H40N4O5S. The van der Waals surface area contributed by atoms with Gasteiger partial charge in [0, 0.05) is 62.3 Å². The molecule has 228 valence electrons. The van der Waals surface area contributed by atoms with Crippen molar-refractivity contribution in [3.63, 3.8) is 0 Å². The van der Waals surface area contributed by atoms with Gasteiger partial charge in [-0.2, -0.15) is 5.26 Å². The Hall–Kier alpha value is -3.04. The summed E-state index contributed by atoms with van der Waals surface area (Å²) in [6, 6.07) is 14.5. The van der Waals surface area contributed by atoms with E-state index >= 15 is 0 Å². The minimum atomic E-state index is -1.24. The lowest BCUT2D eigenvalue weighted by Crippen LogP contribution is -2.46. The number of hydrogen-bond acceptors (Lipinski definition) is 10. The Labute approximate surface area is 257 Å². The first-order valence-corrected chi connectivity index (χ1v) is 15.9. The summed E-state index contributed by atoms with van der Waals surface area (Å²) in [7, 11) is 1.69. The predicted molar refractivity (Wildman–Crippen MR) is 165 cm³/mol. The molecule has 0 spiro atoms. The van der Waals surface area contributed by atoms with E-state index < -0.39 is 6.29 Å². The fraction of sp³-hybridized carbons (Fsp3) is 0.515. The minimum Gasteiger partial charge on any atom is -0.488 e. The molecule has 1 saturated carbocycles. The van der Waals surface area contributed by atoms with Crippen LogP contribution in [0.15, 0.2) is 41.8 Å². The summed E-state index contributed by atoms with van der Waals surface area (Å²) in [5.74, 6) is 1.26. The van der Waals surface area contributed by atoms with Gasteiger partial charge in [0.1, 0.15) is 12.4 Å². The molecule has 10 heteroatoms. The number of aliphatic hydroxyl groups is 2. The van der Waals surface area contributed by atoms with E-state index in [0.717, 1.165) is 84.4 Å². The van der Waals surface area contributed by atoms with Crippen molar-refractivity contribution in [3.8, 4) is 23.1 Å². The van der Waals surface area contributed by atoms with E-state index in [4.69, 9.17) is 19.2 Å². The molecule has 1 aliphatic carbocycles. The molecule has 3 heterocycles. The van der Waals surface area contributed by atoms with E-state index in [9.17, 15) is 15.5 Å². The van der Waals surface area contributed by atoms with Crippen LogP contribution in [-0.4, -0.2) is 79.0 Å². The molecule has 2 unspecified atom stereocenters. The molecule has 2 N–H and O–H groups in total. The first-order chi connectivity index (χ1) is 20.9. The van der Waals surface area contributed by atoms with Gasteiger partial charge in [-0.1, -0.05) is 23.8 Å². The molecule has 43 heavy (non-hydrogen) atoms. The van der Waals surface area contributed by atoms with Crippen LogP contribution in [-0.2, 0) is 22.6 Å². The second-order valence-corrected chi connectivity index (χ2v) is 12.9. The molecule has 2 aromatic carbocycles. The standard InChI is InChI=1S/C33H40N4O5S/c1-21-3-8-30(28(11-21)29-20-43-33(35-29)37-15-23-6-7-24(16-37)31(23)32(38)39)42-18-25-5-4-22(12-26(25)13-34)14-36-9-10-41-27(17-36)19-40-2/h3-5,8,11-12,20,23-24,27,31-32,38-39H,6-7,9-10,14-19H2,1-2H3/t23-,24+,27?,31?. The van der Waals surface area contributed by atoms with Crippen LogP contribution in [0.1, 0.15) is 35.1 Å². The van der Waals surface area contributed by atoms with Crippen LogP contribution in [0.4, 0.5) is 5.13 Å². The van der Waals surface area contributed by atoms with E-state index in [2.05, 4.69) is 40.3 Å². The molecular weight excluding hydrogens is 564 g/mol. The third kappa shape index (κ3) is 6.73. The third-order valence-electron chi connectivity index (χ3n) is 9.08. The summed E-state index contributed by atoms with van der Waals surface area (Å²) in [5, 5.41) is 32.7. The molecule has 0 radical (unpaired) electrons. The summed E-state index contributed by atoms with van der Waals surface area (Å²) in [4.78, 5) is 9.65. The van der Waals surface area contributed by atoms with Crippen molar-refractivity contribution in [1.82, 2.24) is 9.88 Å². The van der Waals surface area contributed by atoms with Crippen molar-refractivity contribution in [2.75, 3.05) is 51.4 Å². The molecule has 2 bridgehead atoms. The highest BCUT2D eigenvalue weighted by Gasteiger charge is 2.45. The van der Waals surface area contributed by atoms with Crippen molar-refractivity contribution in [1.29, 1.82) is 5.26 Å². The van der Waals surface area contributed by atoms with Crippen molar-refractivity contribution in [2.45, 2.75) is 45.3 Å². The maximum Gasteiger partial charge on any atom is 0.185 e. The van der Waals surface area contributed by atoms with Crippen molar-refractivity contribution < 1.29 is 24.4 Å². The monoisotopic (exact) mass is 604 g/mol. The number of piperidine rings is 1. The Morgan fingerprint density at radius 1 is 1.14 bits per heavy atom. The zero-order chi connectivity index (χ0) is 29.9. The number of benzene rings is 2. The largest absolute Gasteiger partial charge is 0.488 e. The van der Waals surface area contributed by atoms with Gasteiger partial charge in [-0.05, 0) is 55.4 Å². The number of methoxy groups -OCH3 is 1. The number of anilines is 1. The zero-order valence-electron chi connectivity index (χ0n) is 24.8. The van der Waals surface area contributed by atoms with Gasteiger partial charge in [0.2, 0.25) is 0 Å². The number of hydrogen-bond donors (Lipinski definition) is 2. The van der Waals surface area contributed by atoms with Crippen LogP contribution >= 0.6 is 11.3 Å². The van der Waals surface area contributed by atoms with Gasteiger partial charge in [0.05, 0.1) is 36.6 Å². The van der Waals surface area contributed by atoms with Crippen LogP contribution in [0.25, 0.3) is 11.3 Å². The highest BCUT2D eigenvalue weighted by atomic mass is 32.1. The van der Waals surface area contributed by atoms with Crippen LogP contribution in [0.3, 0.4) is 0 Å². The predicted octanol–water partition coefficient (Wildman–Crippen LogP) is 4.19. The lowest BCUT2D eigenvalue weighted by molar-refractivity contribution is -0.109. The number of fused-ring (bicyclic) bond motifs is 2. The Morgan fingerprint density at radius 2 is 1.95 bits per heavy atom. The highest BCUT2D eigenvalue weighted by molar-refractivity contribution is 7.14. The van der Waals surface area contributed by atoms with Gasteiger partial charge in [0.15, 0.2) is 11.4 Å². The van der Waals surface area contributed by atoms with Crippen LogP contribution < -0.4 is 9.64 Å². The molecule has 1 aromatic heterocycles. The summed E-state index contributed by atoms with van der Waals surface area (Å²) in [5.41, 5.74) is 5.47. The van der Waals surface area contributed by atoms with Gasteiger partial charge in [0.25, 0.3) is 0 Å². The first-order valence-electron chi connectivity index (χ1n) is 15.1. The average molecular weight is 605 g/mol. The summed E-state index contributed by atoms with van der Waals surface area (Å²) in [6.45, 7) is 7.61. The number of thiazole rings is 1. The SMILES string of the molecule is COCC1CN(Cc2ccc(COc3ccc(C)cc3-c3csc(N4C[C@H]5CC[C@@H](C4)C5C(O)O)n3)c(C#N)c2)CCO1. The molecule has 0 amide bonds. The van der Waals surface area contributed by atoms with Gasteiger partial charge < -0.3 is 29.3 Å². The Bertz CT molecular complexity index is 1440. The number of aromatic nitrogens is 1. The molecule has 3 aliphatic rings. The molecule has 2 aliphatic heterocycles. The van der Waals surface area contributed by atoms with Gasteiger partial charge >= 0.3 is 0 Å². The topological polar surface area (TPSA) is 111 Å². The molecule has 6 rings (SSSR count). The molecule has 3 aromatic rings. The van der Waals surface area contributed by atoms with Gasteiger partial charge in [-0.25, -0.2) is 4.98 Å². The minimum absolute atomic E-state index is 0.0348. The van der Waals surface area contributed by atoms with E-state index in [0.29, 0.717) is 18.8 Å². The number of aliphatic hydroxyl groups excluding tert-OH is 1. The van der Waals surface area contributed by atoms with Crippen molar-refractivity contribution in [2.24, 2.45) is 17.8 Å². The van der Waals surface area contributed by atoms with Crippen LogP contribution in [0, 0.1) is 36.0 Å². The summed E-state index contributed by atoms with van der Waals surface area (Å²) >= 11 is 1.62. The Balaban J connectivity index is 1.14. The van der Waals surface area contributed by atoms with E-state index in [-0.39, 0.29) is 30.5 Å². The average Bonchev–Trinajstić information content (AvgIpc) is 3.60. The summed E-state index contributed by atoms with van der Waals surface area (Å²) < 4.78 is 17.4. The zero-order valence-corrected chi connectivity index (χ0v) is 25.6. The lowest BCUT2D eigenvalue weighted by Gasteiger charge is -2.38. The van der Waals surface area contributed by atoms with Crippen LogP contribution in [0.2, 0.25) is 0 Å². The summed E-state index contributed by atoms with van der Waals surface area (Å²) in [6.07, 6.45) is 0.896. The number of nitriles is 1.